The number of anilines is 2. The monoisotopic (exact) mass is 223 g/mol. The van der Waals surface area contributed by atoms with Crippen molar-refractivity contribution in [2.45, 2.75) is 18.9 Å². The predicted molar refractivity (Wildman–Crippen MR) is 61.6 cm³/mol. The average molecular weight is 223 g/mol. The van der Waals surface area contributed by atoms with Crippen LogP contribution in [-0.4, -0.2) is 53.3 Å². The third kappa shape index (κ3) is 2.06. The molecular weight excluding hydrogens is 206 g/mol. The summed E-state index contributed by atoms with van der Waals surface area (Å²) < 4.78 is 0. The van der Waals surface area contributed by atoms with Gasteiger partial charge in [-0.3, -0.25) is 0 Å². The Balaban J connectivity index is 2.22. The fourth-order valence-corrected chi connectivity index (χ4v) is 1.92. The van der Waals surface area contributed by atoms with Crippen molar-refractivity contribution in [2.75, 3.05) is 37.0 Å². The van der Waals surface area contributed by atoms with E-state index in [4.69, 9.17) is 0 Å². The van der Waals surface area contributed by atoms with Crippen LogP contribution in [-0.2, 0) is 0 Å². The van der Waals surface area contributed by atoms with Crippen LogP contribution in [0.5, 0.6) is 0 Å². The zero-order chi connectivity index (χ0) is 11.5. The van der Waals surface area contributed by atoms with E-state index in [0.717, 1.165) is 19.4 Å². The van der Waals surface area contributed by atoms with Crippen molar-refractivity contribution in [3.8, 4) is 0 Å². The molecule has 0 aliphatic carbocycles. The van der Waals surface area contributed by atoms with Gasteiger partial charge in [-0.2, -0.15) is 4.98 Å². The van der Waals surface area contributed by atoms with Crippen LogP contribution in [0.2, 0.25) is 0 Å². The molecule has 2 rings (SSSR count). The molecule has 0 aromatic carbocycles. The molecule has 1 aromatic heterocycles. The van der Waals surface area contributed by atoms with Crippen molar-refractivity contribution in [1.82, 2.24) is 15.0 Å². The van der Waals surface area contributed by atoms with Crippen LogP contribution in [0.4, 0.5) is 11.9 Å². The lowest BCUT2D eigenvalue weighted by Gasteiger charge is -2.23. The highest BCUT2D eigenvalue weighted by molar-refractivity contribution is 5.38. The number of rotatable bonds is 3. The van der Waals surface area contributed by atoms with Gasteiger partial charge >= 0.3 is 0 Å². The fourth-order valence-electron chi connectivity index (χ4n) is 1.92. The van der Waals surface area contributed by atoms with Gasteiger partial charge in [0.15, 0.2) is 0 Å². The summed E-state index contributed by atoms with van der Waals surface area (Å²) in [6.07, 6.45) is 3.60. The average Bonchev–Trinajstić information content (AvgIpc) is 2.77. The van der Waals surface area contributed by atoms with Gasteiger partial charge in [0, 0.05) is 20.6 Å². The molecule has 1 aliphatic rings. The maximum atomic E-state index is 9.25. The second-order valence-corrected chi connectivity index (χ2v) is 4.15. The van der Waals surface area contributed by atoms with Gasteiger partial charge in [0.25, 0.3) is 0 Å². The molecule has 0 spiro atoms. The minimum Gasteiger partial charge on any atom is -0.394 e. The van der Waals surface area contributed by atoms with Crippen LogP contribution >= 0.6 is 0 Å². The number of hydrogen-bond acceptors (Lipinski definition) is 6. The molecule has 1 atom stereocenters. The summed E-state index contributed by atoms with van der Waals surface area (Å²) >= 11 is 0. The lowest BCUT2D eigenvalue weighted by atomic mass is 10.2. The minimum atomic E-state index is 0.150. The van der Waals surface area contributed by atoms with Crippen molar-refractivity contribution in [3.05, 3.63) is 6.33 Å². The van der Waals surface area contributed by atoms with Crippen LogP contribution in [0.15, 0.2) is 6.33 Å². The van der Waals surface area contributed by atoms with Crippen LogP contribution < -0.4 is 9.80 Å². The van der Waals surface area contributed by atoms with Crippen LogP contribution in [0, 0.1) is 0 Å². The summed E-state index contributed by atoms with van der Waals surface area (Å²) in [4.78, 5) is 16.5. The molecule has 0 saturated carbocycles. The normalized spacial score (nSPS) is 20.2. The minimum absolute atomic E-state index is 0.150. The molecule has 0 amide bonds. The summed E-state index contributed by atoms with van der Waals surface area (Å²) in [5.41, 5.74) is 0. The van der Waals surface area contributed by atoms with Crippen LogP contribution in [0.1, 0.15) is 12.8 Å². The van der Waals surface area contributed by atoms with Crippen LogP contribution in [0.3, 0.4) is 0 Å². The Morgan fingerprint density at radius 1 is 1.50 bits per heavy atom. The van der Waals surface area contributed by atoms with Crippen molar-refractivity contribution in [1.29, 1.82) is 0 Å². The SMILES string of the molecule is CN(C)c1ncnc(N2CCC[C@H]2CO)n1. The Morgan fingerprint density at radius 2 is 2.31 bits per heavy atom. The van der Waals surface area contributed by atoms with Gasteiger partial charge in [0.2, 0.25) is 11.9 Å². The van der Waals surface area contributed by atoms with E-state index in [-0.39, 0.29) is 12.6 Å². The molecule has 6 heteroatoms. The fraction of sp³-hybridized carbons (Fsp3) is 0.700. The number of nitrogens with zero attached hydrogens (tertiary/aromatic N) is 5. The van der Waals surface area contributed by atoms with Gasteiger partial charge < -0.3 is 14.9 Å². The zero-order valence-corrected chi connectivity index (χ0v) is 9.67. The quantitative estimate of drug-likeness (QED) is 0.772. The largest absolute Gasteiger partial charge is 0.394 e. The Labute approximate surface area is 95.0 Å². The van der Waals surface area contributed by atoms with Crippen molar-refractivity contribution in [2.24, 2.45) is 0 Å². The Hall–Kier alpha value is -1.43. The second kappa shape index (κ2) is 4.61. The van der Waals surface area contributed by atoms with E-state index in [1.807, 2.05) is 19.0 Å². The molecule has 0 bridgehead atoms. The standard InChI is InChI=1S/C10H17N5O/c1-14(2)9-11-7-12-10(13-9)15-5-3-4-8(15)6-16/h7-8,16H,3-6H2,1-2H3/t8-/m0/s1. The molecule has 1 fully saturated rings. The second-order valence-electron chi connectivity index (χ2n) is 4.15. The maximum absolute atomic E-state index is 9.25. The summed E-state index contributed by atoms with van der Waals surface area (Å²) in [5.74, 6) is 1.31. The highest BCUT2D eigenvalue weighted by Gasteiger charge is 2.26. The summed E-state index contributed by atoms with van der Waals surface area (Å²) in [7, 11) is 3.79. The summed E-state index contributed by atoms with van der Waals surface area (Å²) in [6, 6.07) is 0.150. The molecule has 6 nitrogen and oxygen atoms in total. The van der Waals surface area contributed by atoms with Gasteiger partial charge in [0.1, 0.15) is 6.33 Å². The van der Waals surface area contributed by atoms with E-state index in [1.54, 1.807) is 0 Å². The molecule has 1 N–H and O–H groups in total. The lowest BCUT2D eigenvalue weighted by Crippen LogP contribution is -2.33. The number of aromatic nitrogens is 3. The molecule has 88 valence electrons. The van der Waals surface area contributed by atoms with Crippen molar-refractivity contribution in [3.63, 3.8) is 0 Å². The number of hydrogen-bond donors (Lipinski definition) is 1. The molecule has 1 aromatic rings. The molecule has 0 unspecified atom stereocenters. The third-order valence-corrected chi connectivity index (χ3v) is 2.79. The first-order chi connectivity index (χ1) is 7.72. The zero-order valence-electron chi connectivity index (χ0n) is 9.67. The van der Waals surface area contributed by atoms with Gasteiger partial charge in [-0.15, -0.1) is 0 Å². The van der Waals surface area contributed by atoms with E-state index in [9.17, 15) is 5.11 Å². The highest BCUT2D eigenvalue weighted by atomic mass is 16.3. The van der Waals surface area contributed by atoms with Crippen LogP contribution in [0.25, 0.3) is 0 Å². The Morgan fingerprint density at radius 3 is 3.00 bits per heavy atom. The topological polar surface area (TPSA) is 65.4 Å². The van der Waals surface area contributed by atoms with Gasteiger partial charge in [-0.25, -0.2) is 9.97 Å². The summed E-state index contributed by atoms with van der Waals surface area (Å²) in [5, 5.41) is 9.25. The molecule has 2 heterocycles. The van der Waals surface area contributed by atoms with E-state index in [2.05, 4.69) is 19.9 Å². The van der Waals surface area contributed by atoms with Crippen molar-refractivity contribution >= 4 is 11.9 Å². The van der Waals surface area contributed by atoms with E-state index < -0.39 is 0 Å². The first-order valence-electron chi connectivity index (χ1n) is 5.46. The van der Waals surface area contributed by atoms with Gasteiger partial charge in [-0.1, -0.05) is 0 Å². The van der Waals surface area contributed by atoms with Gasteiger partial charge in [-0.05, 0) is 12.8 Å². The maximum Gasteiger partial charge on any atom is 0.230 e. The molecule has 16 heavy (non-hydrogen) atoms. The Bertz CT molecular complexity index is 357. The molecule has 1 aliphatic heterocycles. The third-order valence-electron chi connectivity index (χ3n) is 2.79. The van der Waals surface area contributed by atoms with E-state index in [1.165, 1.54) is 6.33 Å². The van der Waals surface area contributed by atoms with E-state index >= 15 is 0 Å². The Kier molecular flexibility index (Phi) is 3.19. The number of aliphatic hydroxyl groups excluding tert-OH is 1. The van der Waals surface area contributed by atoms with Gasteiger partial charge in [0.05, 0.1) is 12.6 Å². The molecule has 0 radical (unpaired) electrons. The molecular formula is C10H17N5O. The number of aliphatic hydroxyl groups is 1. The highest BCUT2D eigenvalue weighted by Crippen LogP contribution is 2.22. The van der Waals surface area contributed by atoms with Crippen molar-refractivity contribution < 1.29 is 5.11 Å². The lowest BCUT2D eigenvalue weighted by molar-refractivity contribution is 0.265. The summed E-state index contributed by atoms with van der Waals surface area (Å²) in [6.45, 7) is 1.06. The predicted octanol–water partition coefficient (Wildman–Crippen LogP) is -0.101. The first kappa shape index (κ1) is 11.1. The van der Waals surface area contributed by atoms with E-state index in [0.29, 0.717) is 11.9 Å². The first-order valence-corrected chi connectivity index (χ1v) is 5.46. The molecule has 1 saturated heterocycles. The smallest absolute Gasteiger partial charge is 0.230 e.